The van der Waals surface area contributed by atoms with Gasteiger partial charge in [0.1, 0.15) is 5.75 Å². The number of imidazole rings is 1. The average Bonchev–Trinajstić information content (AvgIpc) is 2.85. The Bertz CT molecular complexity index is 613. The summed E-state index contributed by atoms with van der Waals surface area (Å²) in [6.45, 7) is 2.79. The van der Waals surface area contributed by atoms with Crippen LogP contribution in [0.4, 0.5) is 19.1 Å². The highest BCUT2D eigenvalue weighted by molar-refractivity contribution is 9.10. The highest BCUT2D eigenvalue weighted by atomic mass is 79.9. The van der Waals surface area contributed by atoms with Crippen molar-refractivity contribution in [2.45, 2.75) is 19.7 Å². The zero-order chi connectivity index (χ0) is 15.5. The summed E-state index contributed by atoms with van der Waals surface area (Å²) in [5.74, 6) is 0.350. The summed E-state index contributed by atoms with van der Waals surface area (Å²) in [7, 11) is 0. The third-order valence-electron chi connectivity index (χ3n) is 2.59. The summed E-state index contributed by atoms with van der Waals surface area (Å²) >= 11 is 3.08. The molecule has 1 N–H and O–H groups in total. The van der Waals surface area contributed by atoms with Crippen LogP contribution in [0.1, 0.15) is 13.3 Å². The number of halogens is 4. The second-order valence-corrected chi connectivity index (χ2v) is 5.06. The first-order valence-electron chi connectivity index (χ1n) is 6.23. The van der Waals surface area contributed by atoms with Crippen LogP contribution in [0, 0.1) is 0 Å². The van der Waals surface area contributed by atoms with Crippen molar-refractivity contribution in [3.8, 4) is 11.4 Å². The van der Waals surface area contributed by atoms with Gasteiger partial charge in [-0.3, -0.25) is 4.57 Å². The highest BCUT2D eigenvalue weighted by Gasteiger charge is 2.32. The van der Waals surface area contributed by atoms with Crippen LogP contribution >= 0.6 is 15.9 Å². The van der Waals surface area contributed by atoms with E-state index in [4.69, 9.17) is 0 Å². The van der Waals surface area contributed by atoms with Crippen LogP contribution in [0.15, 0.2) is 35.1 Å². The summed E-state index contributed by atoms with van der Waals surface area (Å²) in [6, 6.07) is 4.33. The Morgan fingerprint density at radius 3 is 2.76 bits per heavy atom. The highest BCUT2D eigenvalue weighted by Crippen LogP contribution is 2.32. The minimum absolute atomic E-state index is 0.215. The number of hydrogen-bond acceptors (Lipinski definition) is 3. The topological polar surface area (TPSA) is 39.1 Å². The molecule has 0 aliphatic carbocycles. The molecule has 0 fully saturated rings. The first-order valence-corrected chi connectivity index (χ1v) is 7.03. The van der Waals surface area contributed by atoms with Crippen LogP contribution in [0.25, 0.3) is 5.69 Å². The largest absolute Gasteiger partial charge is 0.573 e. The Morgan fingerprint density at radius 1 is 1.38 bits per heavy atom. The maximum absolute atomic E-state index is 12.2. The van der Waals surface area contributed by atoms with Gasteiger partial charge in [0.15, 0.2) is 0 Å². The van der Waals surface area contributed by atoms with Crippen LogP contribution < -0.4 is 10.1 Å². The van der Waals surface area contributed by atoms with Gasteiger partial charge in [-0.25, -0.2) is 4.98 Å². The molecule has 8 heteroatoms. The van der Waals surface area contributed by atoms with E-state index < -0.39 is 6.36 Å². The number of aromatic nitrogens is 2. The van der Waals surface area contributed by atoms with Crippen molar-refractivity contribution in [3.63, 3.8) is 0 Å². The number of hydrogen-bond donors (Lipinski definition) is 1. The molecule has 21 heavy (non-hydrogen) atoms. The molecule has 0 atom stereocenters. The van der Waals surface area contributed by atoms with E-state index >= 15 is 0 Å². The van der Waals surface area contributed by atoms with Crippen LogP contribution in [-0.2, 0) is 0 Å². The predicted octanol–water partition coefficient (Wildman–Crippen LogP) is 4.36. The molecule has 0 saturated heterocycles. The number of nitrogens with one attached hydrogen (secondary N) is 1. The molecule has 1 aromatic carbocycles. The number of ether oxygens (including phenoxy) is 1. The van der Waals surface area contributed by atoms with Gasteiger partial charge in [-0.1, -0.05) is 6.92 Å². The van der Waals surface area contributed by atoms with Gasteiger partial charge in [0, 0.05) is 24.6 Å². The van der Waals surface area contributed by atoms with Gasteiger partial charge in [0.05, 0.1) is 4.47 Å². The third kappa shape index (κ3) is 4.13. The van der Waals surface area contributed by atoms with E-state index in [-0.39, 0.29) is 10.2 Å². The number of anilines is 1. The quantitative estimate of drug-likeness (QED) is 0.857. The minimum Gasteiger partial charge on any atom is -0.405 e. The average molecular weight is 364 g/mol. The van der Waals surface area contributed by atoms with Crippen LogP contribution in [0.3, 0.4) is 0 Å². The number of benzene rings is 1. The molecule has 0 spiro atoms. The van der Waals surface area contributed by atoms with E-state index in [1.54, 1.807) is 23.0 Å². The van der Waals surface area contributed by atoms with Crippen molar-refractivity contribution >= 4 is 21.9 Å². The maximum Gasteiger partial charge on any atom is 0.573 e. The monoisotopic (exact) mass is 363 g/mol. The molecule has 2 aromatic rings. The van der Waals surface area contributed by atoms with E-state index in [0.29, 0.717) is 11.6 Å². The molecule has 0 unspecified atom stereocenters. The van der Waals surface area contributed by atoms with Crippen molar-refractivity contribution in [1.82, 2.24) is 9.55 Å². The van der Waals surface area contributed by atoms with E-state index in [0.717, 1.165) is 13.0 Å². The van der Waals surface area contributed by atoms with Crippen molar-refractivity contribution in [2.75, 3.05) is 11.9 Å². The molecule has 4 nitrogen and oxygen atoms in total. The molecule has 0 bridgehead atoms. The SMILES string of the molecule is CCCNc1nccn1-c1ccc(OC(F)(F)F)c(Br)c1. The van der Waals surface area contributed by atoms with E-state index in [2.05, 4.69) is 31.0 Å². The first-order chi connectivity index (χ1) is 9.90. The van der Waals surface area contributed by atoms with Gasteiger partial charge in [-0.15, -0.1) is 13.2 Å². The number of nitrogens with zero attached hydrogens (tertiary/aromatic N) is 2. The fourth-order valence-electron chi connectivity index (χ4n) is 1.73. The molecule has 0 radical (unpaired) electrons. The maximum atomic E-state index is 12.2. The molecule has 0 amide bonds. The van der Waals surface area contributed by atoms with Gasteiger partial charge in [0.2, 0.25) is 5.95 Å². The standard InChI is InChI=1S/C13H13BrF3N3O/c1-2-5-18-12-19-6-7-20(12)9-3-4-11(10(14)8-9)21-13(15,16)17/h3-4,6-8H,2,5H2,1H3,(H,18,19). The molecule has 1 aromatic heterocycles. The van der Waals surface area contributed by atoms with Crippen LogP contribution in [0.5, 0.6) is 5.75 Å². The summed E-state index contributed by atoms with van der Waals surface area (Å²) < 4.78 is 42.6. The van der Waals surface area contributed by atoms with Crippen LogP contribution in [-0.4, -0.2) is 22.5 Å². The Kier molecular flexibility index (Phi) is 4.76. The van der Waals surface area contributed by atoms with E-state index in [1.165, 1.54) is 12.1 Å². The van der Waals surface area contributed by atoms with Gasteiger partial charge in [-0.2, -0.15) is 0 Å². The zero-order valence-electron chi connectivity index (χ0n) is 11.1. The van der Waals surface area contributed by atoms with Crippen molar-refractivity contribution in [2.24, 2.45) is 0 Å². The molecule has 0 aliphatic rings. The summed E-state index contributed by atoms with van der Waals surface area (Å²) in [5, 5.41) is 3.14. The Balaban J connectivity index is 2.26. The lowest BCUT2D eigenvalue weighted by Gasteiger charge is -2.13. The fraction of sp³-hybridized carbons (Fsp3) is 0.308. The molecule has 114 valence electrons. The van der Waals surface area contributed by atoms with Crippen LogP contribution in [0.2, 0.25) is 0 Å². The number of rotatable bonds is 5. The second-order valence-electron chi connectivity index (χ2n) is 4.21. The van der Waals surface area contributed by atoms with Gasteiger partial charge in [0.25, 0.3) is 0 Å². The Labute approximate surface area is 128 Å². The second kappa shape index (κ2) is 6.38. The molecule has 1 heterocycles. The van der Waals surface area contributed by atoms with E-state index in [1.807, 2.05) is 6.92 Å². The molecular formula is C13H13BrF3N3O. The fourth-order valence-corrected chi connectivity index (χ4v) is 2.17. The van der Waals surface area contributed by atoms with Crippen molar-refractivity contribution < 1.29 is 17.9 Å². The van der Waals surface area contributed by atoms with Gasteiger partial charge >= 0.3 is 6.36 Å². The minimum atomic E-state index is -4.72. The van der Waals surface area contributed by atoms with Gasteiger partial charge in [-0.05, 0) is 40.5 Å². The lowest BCUT2D eigenvalue weighted by molar-refractivity contribution is -0.274. The first kappa shape index (κ1) is 15.7. The lowest BCUT2D eigenvalue weighted by Crippen LogP contribution is -2.17. The number of alkyl halides is 3. The lowest BCUT2D eigenvalue weighted by atomic mass is 10.3. The Morgan fingerprint density at radius 2 is 2.14 bits per heavy atom. The zero-order valence-corrected chi connectivity index (χ0v) is 12.7. The van der Waals surface area contributed by atoms with Crippen molar-refractivity contribution in [1.29, 1.82) is 0 Å². The molecular weight excluding hydrogens is 351 g/mol. The normalized spacial score (nSPS) is 11.5. The molecule has 2 rings (SSSR count). The third-order valence-corrected chi connectivity index (χ3v) is 3.21. The van der Waals surface area contributed by atoms with Gasteiger partial charge < -0.3 is 10.1 Å². The Hall–Kier alpha value is -1.70. The summed E-state index contributed by atoms with van der Waals surface area (Å²) in [6.07, 6.45) is -0.433. The molecule has 0 aliphatic heterocycles. The smallest absolute Gasteiger partial charge is 0.405 e. The van der Waals surface area contributed by atoms with Crippen molar-refractivity contribution in [3.05, 3.63) is 35.1 Å². The van der Waals surface area contributed by atoms with E-state index in [9.17, 15) is 13.2 Å². The predicted molar refractivity (Wildman–Crippen MR) is 76.7 cm³/mol. The summed E-state index contributed by atoms with van der Waals surface area (Å²) in [4.78, 5) is 4.17. The molecule has 0 saturated carbocycles. The summed E-state index contributed by atoms with van der Waals surface area (Å²) in [5.41, 5.74) is 0.674.